The van der Waals surface area contributed by atoms with Gasteiger partial charge in [0.15, 0.2) is 0 Å². The third kappa shape index (κ3) is 12.0. The molecule has 0 spiro atoms. The van der Waals surface area contributed by atoms with Crippen LogP contribution < -0.4 is 38.1 Å². The second-order valence-electron chi connectivity index (χ2n) is 11.0. The molecule has 0 aromatic carbocycles. The molecule has 22 heteroatoms. The van der Waals surface area contributed by atoms with Gasteiger partial charge in [0.2, 0.25) is 41.4 Å². The molecule has 1 heterocycles. The fourth-order valence-electron chi connectivity index (χ4n) is 4.49. The number of nitrogens with zero attached hydrogens (tertiary/aromatic N) is 1. The van der Waals surface area contributed by atoms with Crippen molar-refractivity contribution in [1.82, 2.24) is 31.5 Å². The van der Waals surface area contributed by atoms with Gasteiger partial charge in [-0.05, 0) is 26.7 Å². The van der Waals surface area contributed by atoms with E-state index in [1.807, 2.05) is 16.0 Å². The van der Waals surface area contributed by atoms with Crippen molar-refractivity contribution in [1.29, 1.82) is 0 Å². The quantitative estimate of drug-likeness (QED) is 0.0598. The standard InChI is InChI=1S/C26H44N8O14/c1-10(38)18(23(44)29-13(6-17(28)40)20(41)31-15(9-37)26(47)48)32-21(42)14(8-36)30-24(45)19(11(2)39)33-22(43)16-4-3-5-34(16)25(46)12(27)7-35/h10-16,18-19,35-39H,3-9,27H2,1-2H3,(H2,28,40)(H,29,44)(H,30,45)(H,31,41)(H,32,42)(H,33,43)(H,47,48)/t10-,11-,12+,13+,14+,15+,16+,18+,19+/m1/s1. The highest BCUT2D eigenvalue weighted by molar-refractivity contribution is 5.98. The van der Waals surface area contributed by atoms with Gasteiger partial charge in [-0.15, -0.1) is 0 Å². The van der Waals surface area contributed by atoms with Gasteiger partial charge >= 0.3 is 5.97 Å². The molecule has 0 aromatic rings. The predicted octanol–water partition coefficient (Wildman–Crippen LogP) is -8.57. The smallest absolute Gasteiger partial charge is 0.328 e. The van der Waals surface area contributed by atoms with Crippen LogP contribution in [0.3, 0.4) is 0 Å². The van der Waals surface area contributed by atoms with Gasteiger partial charge in [-0.1, -0.05) is 0 Å². The number of nitrogens with two attached hydrogens (primary N) is 2. The highest BCUT2D eigenvalue weighted by Crippen LogP contribution is 2.18. The van der Waals surface area contributed by atoms with Crippen molar-refractivity contribution in [2.45, 2.75) is 87.6 Å². The first kappa shape index (κ1) is 41.5. The van der Waals surface area contributed by atoms with E-state index in [0.29, 0.717) is 6.42 Å². The Morgan fingerprint density at radius 1 is 0.729 bits per heavy atom. The average Bonchev–Trinajstić information content (AvgIpc) is 3.51. The highest BCUT2D eigenvalue weighted by atomic mass is 16.4. The summed E-state index contributed by atoms with van der Waals surface area (Å²) in [6, 6.07) is -11.5. The maximum Gasteiger partial charge on any atom is 0.328 e. The molecule has 48 heavy (non-hydrogen) atoms. The number of carbonyl (C=O) groups excluding carboxylic acids is 7. The van der Waals surface area contributed by atoms with Crippen LogP contribution in [0.15, 0.2) is 0 Å². The molecule has 9 atom stereocenters. The number of aliphatic hydroxyl groups excluding tert-OH is 5. The molecule has 0 bridgehead atoms. The molecular formula is C26H44N8O14. The number of hydrogen-bond acceptors (Lipinski definition) is 14. The molecule has 7 amide bonds. The van der Waals surface area contributed by atoms with Crippen molar-refractivity contribution in [3.63, 3.8) is 0 Å². The van der Waals surface area contributed by atoms with Crippen LogP contribution in [0.25, 0.3) is 0 Å². The van der Waals surface area contributed by atoms with Crippen LogP contribution in [0.5, 0.6) is 0 Å². The second kappa shape index (κ2) is 19.4. The molecule has 15 N–H and O–H groups in total. The number of aliphatic carboxylic acids is 1. The van der Waals surface area contributed by atoms with Crippen LogP contribution in [0.2, 0.25) is 0 Å². The topological polar surface area (TPSA) is 373 Å². The van der Waals surface area contributed by atoms with Gasteiger partial charge in [-0.3, -0.25) is 33.6 Å². The number of nitrogens with one attached hydrogen (secondary N) is 5. The number of likely N-dealkylation sites (tertiary alicyclic amines) is 1. The van der Waals surface area contributed by atoms with E-state index >= 15 is 0 Å². The molecule has 0 radical (unpaired) electrons. The van der Waals surface area contributed by atoms with Gasteiger partial charge in [-0.25, -0.2) is 4.79 Å². The summed E-state index contributed by atoms with van der Waals surface area (Å²) in [6.07, 6.45) is -3.56. The molecule has 0 aliphatic carbocycles. The molecule has 0 saturated carbocycles. The molecule has 1 aliphatic rings. The molecule has 1 aliphatic heterocycles. The zero-order chi connectivity index (χ0) is 36.9. The molecule has 0 unspecified atom stereocenters. The van der Waals surface area contributed by atoms with E-state index in [9.17, 15) is 58.8 Å². The molecule has 1 rings (SSSR count). The summed E-state index contributed by atoms with van der Waals surface area (Å²) in [5, 5.41) is 67.9. The van der Waals surface area contributed by atoms with Crippen LogP contribution in [0.1, 0.15) is 33.1 Å². The van der Waals surface area contributed by atoms with Crippen molar-refractivity contribution in [3.8, 4) is 0 Å². The number of amides is 7. The van der Waals surface area contributed by atoms with Gasteiger partial charge < -0.3 is 73.6 Å². The number of carboxylic acids is 1. The Labute approximate surface area is 273 Å². The van der Waals surface area contributed by atoms with E-state index in [4.69, 9.17) is 21.7 Å². The minimum atomic E-state index is -1.90. The van der Waals surface area contributed by atoms with Gasteiger partial charge in [0.25, 0.3) is 0 Å². The number of aliphatic hydroxyl groups is 5. The minimum absolute atomic E-state index is 0.139. The SMILES string of the molecule is C[C@@H](O)[C@H](NC(=O)[C@H](CO)NC(=O)[C@@H](NC(=O)[C@@H]1CCCN1C(=O)[C@@H](N)CO)[C@@H](C)O)C(=O)N[C@@H](CC(N)=O)C(=O)N[C@@H](CO)C(=O)O. The van der Waals surface area contributed by atoms with Gasteiger partial charge in [0, 0.05) is 6.54 Å². The average molecular weight is 693 g/mol. The zero-order valence-corrected chi connectivity index (χ0v) is 26.2. The van der Waals surface area contributed by atoms with Gasteiger partial charge in [0.1, 0.15) is 42.3 Å². The number of hydrogen-bond donors (Lipinski definition) is 13. The first-order valence-electron chi connectivity index (χ1n) is 14.7. The molecule has 272 valence electrons. The van der Waals surface area contributed by atoms with Crippen LogP contribution in [0, 0.1) is 0 Å². The van der Waals surface area contributed by atoms with Gasteiger partial charge in [0.05, 0.1) is 38.4 Å². The fourth-order valence-corrected chi connectivity index (χ4v) is 4.49. The Morgan fingerprint density at radius 2 is 1.21 bits per heavy atom. The summed E-state index contributed by atoms with van der Waals surface area (Å²) in [6.45, 7) is -0.511. The van der Waals surface area contributed by atoms with Crippen molar-refractivity contribution in [2.75, 3.05) is 26.4 Å². The lowest BCUT2D eigenvalue weighted by molar-refractivity contribution is -0.143. The first-order chi connectivity index (χ1) is 22.4. The van der Waals surface area contributed by atoms with Crippen molar-refractivity contribution in [2.24, 2.45) is 11.5 Å². The van der Waals surface area contributed by atoms with Crippen LogP contribution in [-0.4, -0.2) is 164 Å². The Balaban J connectivity index is 3.05. The van der Waals surface area contributed by atoms with E-state index in [0.717, 1.165) is 18.7 Å². The van der Waals surface area contributed by atoms with E-state index in [1.54, 1.807) is 0 Å². The lowest BCUT2D eigenvalue weighted by Crippen LogP contribution is -2.63. The van der Waals surface area contributed by atoms with E-state index < -0.39 is 128 Å². The largest absolute Gasteiger partial charge is 0.480 e. The van der Waals surface area contributed by atoms with E-state index in [-0.39, 0.29) is 13.0 Å². The van der Waals surface area contributed by atoms with Crippen molar-refractivity contribution >= 4 is 47.3 Å². The normalized spacial score (nSPS) is 19.2. The summed E-state index contributed by atoms with van der Waals surface area (Å²) < 4.78 is 0. The zero-order valence-electron chi connectivity index (χ0n) is 26.2. The van der Waals surface area contributed by atoms with Gasteiger partial charge in [-0.2, -0.15) is 0 Å². The second-order valence-corrected chi connectivity index (χ2v) is 11.0. The first-order valence-corrected chi connectivity index (χ1v) is 14.7. The van der Waals surface area contributed by atoms with Crippen molar-refractivity contribution < 1.29 is 69.0 Å². The van der Waals surface area contributed by atoms with Crippen LogP contribution in [-0.2, 0) is 38.4 Å². The Morgan fingerprint density at radius 3 is 1.67 bits per heavy atom. The minimum Gasteiger partial charge on any atom is -0.480 e. The number of primary amides is 1. The Hall–Kier alpha value is -4.48. The summed E-state index contributed by atoms with van der Waals surface area (Å²) in [5.41, 5.74) is 10.7. The number of rotatable bonds is 19. The molecular weight excluding hydrogens is 648 g/mol. The monoisotopic (exact) mass is 692 g/mol. The molecule has 1 fully saturated rings. The lowest BCUT2D eigenvalue weighted by atomic mass is 10.1. The Kier molecular flexibility index (Phi) is 16.8. The van der Waals surface area contributed by atoms with Crippen molar-refractivity contribution in [3.05, 3.63) is 0 Å². The maximum absolute atomic E-state index is 13.0. The summed E-state index contributed by atoms with van der Waals surface area (Å²) >= 11 is 0. The lowest BCUT2D eigenvalue weighted by Gasteiger charge is -2.29. The van der Waals surface area contributed by atoms with Crippen LogP contribution >= 0.6 is 0 Å². The number of carbonyl (C=O) groups is 8. The fraction of sp³-hybridized carbons (Fsp3) is 0.692. The Bertz CT molecular complexity index is 1200. The van der Waals surface area contributed by atoms with E-state index in [1.165, 1.54) is 0 Å². The highest BCUT2D eigenvalue weighted by Gasteiger charge is 2.39. The maximum atomic E-state index is 13.0. The molecule has 0 aromatic heterocycles. The summed E-state index contributed by atoms with van der Waals surface area (Å²) in [4.78, 5) is 101. The predicted molar refractivity (Wildman–Crippen MR) is 158 cm³/mol. The third-order valence-electron chi connectivity index (χ3n) is 7.13. The summed E-state index contributed by atoms with van der Waals surface area (Å²) in [5.74, 6) is -9.32. The summed E-state index contributed by atoms with van der Waals surface area (Å²) in [7, 11) is 0. The van der Waals surface area contributed by atoms with Crippen LogP contribution in [0.4, 0.5) is 0 Å². The molecule has 1 saturated heterocycles. The molecule has 22 nitrogen and oxygen atoms in total. The number of carboxylic acid groups (broad SMARTS) is 1. The third-order valence-corrected chi connectivity index (χ3v) is 7.13. The van der Waals surface area contributed by atoms with E-state index in [2.05, 4.69) is 10.6 Å².